The number of hydrogen-bond acceptors (Lipinski definition) is 5. The van der Waals surface area contributed by atoms with E-state index in [1.165, 1.54) is 10.9 Å². The molecule has 8 heteroatoms. The molecule has 0 amide bonds. The lowest BCUT2D eigenvalue weighted by molar-refractivity contribution is 0.340. The van der Waals surface area contributed by atoms with Gasteiger partial charge in [0.1, 0.15) is 11.3 Å². The van der Waals surface area contributed by atoms with E-state index in [2.05, 4.69) is 21.0 Å². The maximum absolute atomic E-state index is 13.4. The molecule has 0 aliphatic heterocycles. The smallest absolute Gasteiger partial charge is 0.282 e. The highest BCUT2D eigenvalue weighted by Gasteiger charge is 2.17. The summed E-state index contributed by atoms with van der Waals surface area (Å²) in [5.41, 5.74) is 1.57. The molecule has 0 spiro atoms. The molecule has 0 saturated carbocycles. The Kier molecular flexibility index (Phi) is 5.74. The molecule has 33 heavy (non-hydrogen) atoms. The van der Waals surface area contributed by atoms with E-state index in [0.717, 1.165) is 9.86 Å². The lowest BCUT2D eigenvalue weighted by Crippen LogP contribution is -2.20. The average Bonchev–Trinajstić information content (AvgIpc) is 3.23. The average molecular weight is 523 g/mol. The van der Waals surface area contributed by atoms with E-state index in [1.54, 1.807) is 36.4 Å². The first-order valence-electron chi connectivity index (χ1n) is 10.2. The van der Waals surface area contributed by atoms with Crippen molar-refractivity contribution in [2.45, 2.75) is 6.92 Å². The summed E-state index contributed by atoms with van der Waals surface area (Å²) in [7, 11) is 0. The van der Waals surface area contributed by atoms with E-state index in [9.17, 15) is 4.79 Å². The zero-order chi connectivity index (χ0) is 22.9. The van der Waals surface area contributed by atoms with Gasteiger partial charge in [-0.3, -0.25) is 4.79 Å². The van der Waals surface area contributed by atoms with Gasteiger partial charge in [0.15, 0.2) is 5.76 Å². The second-order valence-electron chi connectivity index (χ2n) is 7.22. The summed E-state index contributed by atoms with van der Waals surface area (Å²) in [5.74, 6) is 1.34. The molecule has 0 aliphatic rings. The van der Waals surface area contributed by atoms with Crippen molar-refractivity contribution in [3.05, 3.63) is 92.1 Å². The van der Waals surface area contributed by atoms with E-state index in [-0.39, 0.29) is 5.56 Å². The topological polar surface area (TPSA) is 69.6 Å². The fourth-order valence-electron chi connectivity index (χ4n) is 3.54. The minimum atomic E-state index is -0.312. The third-order valence-corrected chi connectivity index (χ3v) is 5.76. The van der Waals surface area contributed by atoms with Gasteiger partial charge in [-0.15, -0.1) is 0 Å². The zero-order valence-electron chi connectivity index (χ0n) is 17.5. The molecule has 6 nitrogen and oxygen atoms in total. The van der Waals surface area contributed by atoms with E-state index >= 15 is 0 Å². The third-order valence-electron chi connectivity index (χ3n) is 5.04. The fraction of sp³-hybridized carbons (Fsp3) is 0.0800. The number of benzene rings is 3. The molecular formula is C25H17BrClN3O3. The lowest BCUT2D eigenvalue weighted by atomic mass is 10.2. The van der Waals surface area contributed by atoms with Gasteiger partial charge in [0.25, 0.3) is 5.56 Å². The van der Waals surface area contributed by atoms with Crippen LogP contribution in [0.4, 0.5) is 0 Å². The monoisotopic (exact) mass is 521 g/mol. The highest BCUT2D eigenvalue weighted by atomic mass is 79.9. The van der Waals surface area contributed by atoms with Crippen molar-refractivity contribution in [3.8, 4) is 17.3 Å². The van der Waals surface area contributed by atoms with Gasteiger partial charge in [0.05, 0.1) is 23.7 Å². The first kappa shape index (κ1) is 21.4. The van der Waals surface area contributed by atoms with Crippen LogP contribution in [0.3, 0.4) is 0 Å². The van der Waals surface area contributed by atoms with Crippen LogP contribution in [0.25, 0.3) is 33.5 Å². The number of rotatable bonds is 5. The van der Waals surface area contributed by atoms with Crippen LogP contribution in [-0.2, 0) is 0 Å². The number of halogens is 2. The molecule has 0 unspecified atom stereocenters. The summed E-state index contributed by atoms with van der Waals surface area (Å²) < 4.78 is 13.9. The van der Waals surface area contributed by atoms with Crippen molar-refractivity contribution in [3.63, 3.8) is 0 Å². The molecule has 3 aromatic carbocycles. The Hall–Kier alpha value is -3.42. The van der Waals surface area contributed by atoms with Crippen molar-refractivity contribution in [1.82, 2.24) is 9.66 Å². The molecule has 5 aromatic rings. The van der Waals surface area contributed by atoms with Crippen molar-refractivity contribution in [2.75, 3.05) is 6.61 Å². The number of fused-ring (bicyclic) bond motifs is 2. The Balaban J connectivity index is 1.72. The van der Waals surface area contributed by atoms with Gasteiger partial charge in [-0.2, -0.15) is 9.78 Å². The van der Waals surface area contributed by atoms with E-state index in [0.29, 0.717) is 51.0 Å². The van der Waals surface area contributed by atoms with Crippen molar-refractivity contribution in [1.29, 1.82) is 0 Å². The first-order valence-corrected chi connectivity index (χ1v) is 11.4. The molecule has 0 bridgehead atoms. The van der Waals surface area contributed by atoms with Crippen molar-refractivity contribution < 1.29 is 9.15 Å². The van der Waals surface area contributed by atoms with E-state index < -0.39 is 0 Å². The van der Waals surface area contributed by atoms with Crippen LogP contribution < -0.4 is 10.3 Å². The van der Waals surface area contributed by atoms with Gasteiger partial charge < -0.3 is 9.15 Å². The molecule has 0 atom stereocenters. The minimum Gasteiger partial charge on any atom is -0.493 e. The van der Waals surface area contributed by atoms with E-state index in [4.69, 9.17) is 25.7 Å². The van der Waals surface area contributed by atoms with Crippen molar-refractivity contribution in [2.24, 2.45) is 5.10 Å². The van der Waals surface area contributed by atoms with E-state index in [1.807, 2.05) is 37.3 Å². The van der Waals surface area contributed by atoms with Gasteiger partial charge in [-0.1, -0.05) is 39.7 Å². The molecule has 0 radical (unpaired) electrons. The Morgan fingerprint density at radius 2 is 2.00 bits per heavy atom. The number of furan rings is 1. The SMILES string of the molecule is CCOc1ccc(Cl)cc1C=Nn1c(-c2cc3cc(Br)ccc3o2)nc2ccccc2c1=O. The highest BCUT2D eigenvalue weighted by Crippen LogP contribution is 2.29. The largest absolute Gasteiger partial charge is 0.493 e. The Bertz CT molecular complexity index is 1590. The maximum Gasteiger partial charge on any atom is 0.282 e. The third kappa shape index (κ3) is 4.17. The van der Waals surface area contributed by atoms with Gasteiger partial charge in [0, 0.05) is 20.4 Å². The number of para-hydroxylation sites is 1. The zero-order valence-corrected chi connectivity index (χ0v) is 19.8. The Morgan fingerprint density at radius 1 is 1.15 bits per heavy atom. The van der Waals surface area contributed by atoms with Crippen LogP contribution in [0.15, 0.2) is 85.5 Å². The normalized spacial score (nSPS) is 11.6. The molecular weight excluding hydrogens is 506 g/mol. The number of ether oxygens (including phenoxy) is 1. The predicted octanol–water partition coefficient (Wildman–Crippen LogP) is 6.51. The van der Waals surface area contributed by atoms with Crippen LogP contribution in [-0.4, -0.2) is 22.5 Å². The number of aromatic nitrogens is 2. The second kappa shape index (κ2) is 8.84. The number of nitrogens with zero attached hydrogens (tertiary/aromatic N) is 3. The minimum absolute atomic E-state index is 0.294. The van der Waals surface area contributed by atoms with Crippen LogP contribution in [0.2, 0.25) is 5.02 Å². The van der Waals surface area contributed by atoms with Crippen LogP contribution >= 0.6 is 27.5 Å². The lowest BCUT2D eigenvalue weighted by Gasteiger charge is -2.09. The van der Waals surface area contributed by atoms with Gasteiger partial charge in [-0.05, 0) is 61.5 Å². The summed E-state index contributed by atoms with van der Waals surface area (Å²) >= 11 is 9.65. The molecule has 0 aliphatic carbocycles. The molecule has 0 saturated heterocycles. The summed E-state index contributed by atoms with van der Waals surface area (Å²) in [5, 5.41) is 6.35. The molecule has 0 fully saturated rings. The molecule has 164 valence electrons. The molecule has 0 N–H and O–H groups in total. The van der Waals surface area contributed by atoms with Crippen LogP contribution in [0.5, 0.6) is 5.75 Å². The van der Waals surface area contributed by atoms with Gasteiger partial charge in [-0.25, -0.2) is 4.98 Å². The second-order valence-corrected chi connectivity index (χ2v) is 8.57. The molecule has 2 heterocycles. The van der Waals surface area contributed by atoms with Crippen LogP contribution in [0, 0.1) is 0 Å². The number of hydrogen-bond donors (Lipinski definition) is 0. The Morgan fingerprint density at radius 3 is 2.85 bits per heavy atom. The molecule has 2 aromatic heterocycles. The fourth-order valence-corrected chi connectivity index (χ4v) is 4.10. The molecule has 5 rings (SSSR count). The Labute approximate surface area is 202 Å². The first-order chi connectivity index (χ1) is 16.0. The van der Waals surface area contributed by atoms with Crippen LogP contribution in [0.1, 0.15) is 12.5 Å². The summed E-state index contributed by atoms with van der Waals surface area (Å²) in [6, 6.07) is 19.9. The summed E-state index contributed by atoms with van der Waals surface area (Å²) in [6.45, 7) is 2.38. The maximum atomic E-state index is 13.4. The standard InChI is InChI=1S/C25H17BrClN3O3/c1-2-32-21-10-8-18(27)12-16(21)14-28-30-24(29-20-6-4-3-5-19(20)25(30)31)23-13-15-11-17(26)7-9-22(15)33-23/h3-14H,2H2,1H3. The van der Waals surface area contributed by atoms with Gasteiger partial charge in [0.2, 0.25) is 5.82 Å². The predicted molar refractivity (Wildman–Crippen MR) is 135 cm³/mol. The summed E-state index contributed by atoms with van der Waals surface area (Å²) in [4.78, 5) is 18.1. The highest BCUT2D eigenvalue weighted by molar-refractivity contribution is 9.10. The van der Waals surface area contributed by atoms with Crippen molar-refractivity contribution >= 4 is 55.6 Å². The summed E-state index contributed by atoms with van der Waals surface area (Å²) in [6.07, 6.45) is 1.54. The van der Waals surface area contributed by atoms with Gasteiger partial charge >= 0.3 is 0 Å². The quantitative estimate of drug-likeness (QED) is 0.247.